The number of nitrogens with two attached hydrogens (primary N) is 1. The average molecular weight is 327 g/mol. The molecule has 2 N–H and O–H groups in total. The van der Waals surface area contributed by atoms with Crippen LogP contribution in [0, 0.1) is 11.3 Å². The average Bonchev–Trinajstić information content (AvgIpc) is 2.58. The molecule has 0 fully saturated rings. The van der Waals surface area contributed by atoms with Gasteiger partial charge in [0.2, 0.25) is 0 Å². The molecule has 0 saturated heterocycles. The highest BCUT2D eigenvalue weighted by Gasteiger charge is 2.12. The van der Waals surface area contributed by atoms with Crippen LogP contribution in [0.3, 0.4) is 0 Å². The molecular weight excluding hydrogens is 306 g/mol. The van der Waals surface area contributed by atoms with E-state index in [1.165, 1.54) is 0 Å². The molecule has 0 amide bonds. The first kappa shape index (κ1) is 17.6. The quantitative estimate of drug-likeness (QED) is 0.749. The van der Waals surface area contributed by atoms with Crippen molar-refractivity contribution >= 4 is 5.69 Å². The summed E-state index contributed by atoms with van der Waals surface area (Å²) in [5.41, 5.74) is 7.55. The molecule has 6 heteroatoms. The van der Waals surface area contributed by atoms with Crippen molar-refractivity contribution in [3.8, 4) is 17.6 Å². The number of benzene rings is 1. The number of anilines is 1. The normalized spacial score (nSPS) is 11.5. The first-order valence-electron chi connectivity index (χ1n) is 7.66. The number of aromatic nitrogens is 1. The number of nitrogen functional groups attached to an aromatic ring is 1. The summed E-state index contributed by atoms with van der Waals surface area (Å²) >= 11 is 0. The van der Waals surface area contributed by atoms with Gasteiger partial charge in [-0.05, 0) is 19.1 Å². The van der Waals surface area contributed by atoms with Gasteiger partial charge in [0.1, 0.15) is 23.7 Å². The van der Waals surface area contributed by atoms with Gasteiger partial charge in [0.15, 0.2) is 0 Å². The van der Waals surface area contributed by atoms with Gasteiger partial charge in [0.25, 0.3) is 0 Å². The van der Waals surface area contributed by atoms with Gasteiger partial charge < -0.3 is 19.9 Å². The molecule has 1 atom stereocenters. The molecule has 126 valence electrons. The smallest absolute Gasteiger partial charge is 0.147 e. The Kier molecular flexibility index (Phi) is 6.41. The Balaban J connectivity index is 2.08. The Bertz CT molecular complexity index is 699. The van der Waals surface area contributed by atoms with Crippen molar-refractivity contribution in [2.24, 2.45) is 0 Å². The van der Waals surface area contributed by atoms with Gasteiger partial charge in [-0.15, -0.1) is 0 Å². The van der Waals surface area contributed by atoms with Gasteiger partial charge in [-0.1, -0.05) is 6.07 Å². The van der Waals surface area contributed by atoms with E-state index in [-0.39, 0.29) is 6.10 Å². The monoisotopic (exact) mass is 327 g/mol. The summed E-state index contributed by atoms with van der Waals surface area (Å²) in [6.45, 7) is 2.73. The van der Waals surface area contributed by atoms with Crippen LogP contribution < -0.4 is 15.2 Å². The minimum absolute atomic E-state index is 0.147. The van der Waals surface area contributed by atoms with Crippen molar-refractivity contribution in [1.82, 2.24) is 4.98 Å². The van der Waals surface area contributed by atoms with Crippen molar-refractivity contribution in [3.63, 3.8) is 0 Å². The number of hydrogen-bond acceptors (Lipinski definition) is 6. The van der Waals surface area contributed by atoms with Crippen molar-refractivity contribution in [2.75, 3.05) is 26.1 Å². The van der Waals surface area contributed by atoms with Gasteiger partial charge in [0, 0.05) is 37.6 Å². The number of nitriles is 1. The van der Waals surface area contributed by atoms with Crippen LogP contribution in [-0.4, -0.2) is 31.4 Å². The van der Waals surface area contributed by atoms with Crippen LogP contribution in [-0.2, 0) is 11.2 Å². The molecule has 0 aliphatic rings. The minimum atomic E-state index is -0.147. The zero-order chi connectivity index (χ0) is 17.4. The zero-order valence-corrected chi connectivity index (χ0v) is 13.9. The maximum Gasteiger partial charge on any atom is 0.147 e. The highest BCUT2D eigenvalue weighted by molar-refractivity contribution is 5.66. The number of rotatable bonds is 8. The van der Waals surface area contributed by atoms with Gasteiger partial charge in [-0.25, -0.2) is 0 Å². The van der Waals surface area contributed by atoms with Crippen molar-refractivity contribution < 1.29 is 14.2 Å². The van der Waals surface area contributed by atoms with Gasteiger partial charge in [-0.2, -0.15) is 5.26 Å². The van der Waals surface area contributed by atoms with Crippen LogP contribution in [0.15, 0.2) is 36.5 Å². The lowest BCUT2D eigenvalue weighted by atomic mass is 10.1. The molecule has 0 saturated carbocycles. The molecule has 0 aliphatic heterocycles. The maximum atomic E-state index is 9.23. The molecule has 0 aliphatic carbocycles. The summed E-state index contributed by atoms with van der Waals surface area (Å²) in [5, 5.41) is 9.23. The van der Waals surface area contributed by atoms with Crippen LogP contribution in [0.5, 0.6) is 11.5 Å². The molecule has 1 aromatic carbocycles. The third-order valence-corrected chi connectivity index (χ3v) is 3.32. The van der Waals surface area contributed by atoms with Crippen LogP contribution in [0.1, 0.15) is 18.2 Å². The summed E-state index contributed by atoms with van der Waals surface area (Å²) in [6, 6.07) is 11.1. The molecule has 24 heavy (non-hydrogen) atoms. The Morgan fingerprint density at radius 1 is 1.33 bits per heavy atom. The number of ether oxygens (including phenoxy) is 3. The maximum absolute atomic E-state index is 9.23. The van der Waals surface area contributed by atoms with Crippen LogP contribution in [0.2, 0.25) is 0 Å². The lowest BCUT2D eigenvalue weighted by Gasteiger charge is -2.16. The second-order valence-corrected chi connectivity index (χ2v) is 5.30. The fraction of sp³-hybridized carbons (Fsp3) is 0.333. The summed E-state index contributed by atoms with van der Waals surface area (Å²) in [7, 11) is 1.61. The van der Waals surface area contributed by atoms with E-state index in [9.17, 15) is 5.26 Å². The molecule has 0 radical (unpaired) electrons. The largest absolute Gasteiger partial charge is 0.491 e. The summed E-state index contributed by atoms with van der Waals surface area (Å²) < 4.78 is 16.5. The van der Waals surface area contributed by atoms with E-state index < -0.39 is 0 Å². The van der Waals surface area contributed by atoms with E-state index in [2.05, 4.69) is 11.1 Å². The van der Waals surface area contributed by atoms with Crippen LogP contribution in [0.4, 0.5) is 5.69 Å². The first-order chi connectivity index (χ1) is 11.6. The van der Waals surface area contributed by atoms with Crippen LogP contribution in [0.25, 0.3) is 0 Å². The SMILES string of the molecule is COC[C@H](C)Oc1cc(C#N)c(N)c(OCCc2ccccn2)c1. The highest BCUT2D eigenvalue weighted by atomic mass is 16.5. The van der Waals surface area contributed by atoms with Crippen LogP contribution >= 0.6 is 0 Å². The molecule has 0 bridgehead atoms. The zero-order valence-electron chi connectivity index (χ0n) is 13.9. The van der Waals surface area contributed by atoms with Gasteiger partial charge >= 0.3 is 0 Å². The van der Waals surface area contributed by atoms with E-state index in [4.69, 9.17) is 19.9 Å². The lowest BCUT2D eigenvalue weighted by molar-refractivity contribution is 0.0918. The predicted molar refractivity (Wildman–Crippen MR) is 91.0 cm³/mol. The molecule has 2 aromatic rings. The molecule has 1 heterocycles. The Hall–Kier alpha value is -2.78. The van der Waals surface area contributed by atoms with E-state index in [0.717, 1.165) is 5.69 Å². The Morgan fingerprint density at radius 2 is 2.17 bits per heavy atom. The molecule has 0 unspecified atom stereocenters. The van der Waals surface area contributed by atoms with E-state index in [1.807, 2.05) is 25.1 Å². The highest BCUT2D eigenvalue weighted by Crippen LogP contribution is 2.31. The summed E-state index contributed by atoms with van der Waals surface area (Å²) in [5.74, 6) is 0.961. The van der Waals surface area contributed by atoms with Crippen molar-refractivity contribution in [2.45, 2.75) is 19.4 Å². The third-order valence-electron chi connectivity index (χ3n) is 3.32. The summed E-state index contributed by atoms with van der Waals surface area (Å²) in [4.78, 5) is 4.24. The van der Waals surface area contributed by atoms with Crippen molar-refractivity contribution in [3.05, 3.63) is 47.8 Å². The number of hydrogen-bond donors (Lipinski definition) is 1. The molecule has 1 aromatic heterocycles. The first-order valence-corrected chi connectivity index (χ1v) is 7.66. The third kappa shape index (κ3) is 4.86. The fourth-order valence-corrected chi connectivity index (χ4v) is 2.19. The van der Waals surface area contributed by atoms with Gasteiger partial charge in [0.05, 0.1) is 24.5 Å². The Labute approximate surface area is 141 Å². The second kappa shape index (κ2) is 8.75. The van der Waals surface area contributed by atoms with E-state index in [0.29, 0.717) is 42.4 Å². The lowest BCUT2D eigenvalue weighted by Crippen LogP contribution is -2.18. The second-order valence-electron chi connectivity index (χ2n) is 5.30. The topological polar surface area (TPSA) is 90.4 Å². The predicted octanol–water partition coefficient (Wildman–Crippen LogP) is 2.57. The fourth-order valence-electron chi connectivity index (χ4n) is 2.19. The molecular formula is C18H21N3O3. The van der Waals surface area contributed by atoms with E-state index in [1.54, 1.807) is 25.4 Å². The van der Waals surface area contributed by atoms with E-state index >= 15 is 0 Å². The summed E-state index contributed by atoms with van der Waals surface area (Å²) in [6.07, 6.45) is 2.24. The minimum Gasteiger partial charge on any atom is -0.491 e. The van der Waals surface area contributed by atoms with Gasteiger partial charge in [-0.3, -0.25) is 4.98 Å². The molecule has 0 spiro atoms. The standard InChI is InChI=1S/C18H21N3O3/c1-13(12-22-2)24-16-9-14(11-19)18(20)17(10-16)23-8-6-15-5-3-4-7-21-15/h3-5,7,9-10,13H,6,8,12,20H2,1-2H3/t13-/m0/s1. The molecule has 2 rings (SSSR count). The number of nitrogens with zero attached hydrogens (tertiary/aromatic N) is 2. The number of methoxy groups -OCH3 is 1. The molecule has 6 nitrogen and oxygen atoms in total. The Morgan fingerprint density at radius 3 is 2.83 bits per heavy atom. The van der Waals surface area contributed by atoms with Crippen molar-refractivity contribution in [1.29, 1.82) is 5.26 Å². The number of pyridine rings is 1.